The van der Waals surface area contributed by atoms with Crippen LogP contribution >= 0.6 is 11.6 Å². The van der Waals surface area contributed by atoms with E-state index in [1.54, 1.807) is 0 Å². The van der Waals surface area contributed by atoms with E-state index >= 15 is 0 Å². The first-order valence-corrected chi connectivity index (χ1v) is 8.75. The summed E-state index contributed by atoms with van der Waals surface area (Å²) in [6, 6.07) is 5.62. The maximum absolute atomic E-state index is 13.8. The number of rotatable bonds is 4. The van der Waals surface area contributed by atoms with E-state index in [4.69, 9.17) is 11.6 Å². The molecular formula is C18H17ClFN3O2. The summed E-state index contributed by atoms with van der Waals surface area (Å²) in [4.78, 5) is 31.4. The van der Waals surface area contributed by atoms with Crippen molar-refractivity contribution in [3.63, 3.8) is 0 Å². The molecule has 0 atom stereocenters. The van der Waals surface area contributed by atoms with Crippen LogP contribution in [0.5, 0.6) is 0 Å². The molecule has 2 fully saturated rings. The van der Waals surface area contributed by atoms with Gasteiger partial charge in [-0.1, -0.05) is 17.7 Å². The highest BCUT2D eigenvalue weighted by Gasteiger charge is 2.35. The average molecular weight is 362 g/mol. The molecule has 0 saturated heterocycles. The number of benzene rings is 1. The third kappa shape index (κ3) is 3.31. The van der Waals surface area contributed by atoms with Crippen LogP contribution in [0.2, 0.25) is 5.02 Å². The van der Waals surface area contributed by atoms with Crippen molar-refractivity contribution < 1.29 is 9.18 Å². The van der Waals surface area contributed by atoms with Crippen molar-refractivity contribution in [2.24, 2.45) is 0 Å². The van der Waals surface area contributed by atoms with E-state index in [9.17, 15) is 14.0 Å². The standard InChI is InChI=1S/C18H17ClFN3O2/c19-12-2-1-3-13(20)16(12)18(25)21-11-6-10(7-11)14-8-15(24)23-17(22-14)9-4-5-9/h1-3,8-11H,4-7H2,(H,21,25)(H,22,23,24). The van der Waals surface area contributed by atoms with Gasteiger partial charge in [0.2, 0.25) is 0 Å². The minimum Gasteiger partial charge on any atom is -0.349 e. The molecule has 2 N–H and O–H groups in total. The SMILES string of the molecule is O=C(NC1CC(c2cc(=O)[nH]c(C3CC3)n2)C1)c1c(F)cccc1Cl. The summed E-state index contributed by atoms with van der Waals surface area (Å²) in [5, 5.41) is 2.90. The van der Waals surface area contributed by atoms with Crippen LogP contribution in [0.25, 0.3) is 0 Å². The van der Waals surface area contributed by atoms with Crippen LogP contribution in [0.15, 0.2) is 29.1 Å². The Morgan fingerprint density at radius 1 is 1.28 bits per heavy atom. The fourth-order valence-corrected chi connectivity index (χ4v) is 3.45. The molecule has 25 heavy (non-hydrogen) atoms. The fraction of sp³-hybridized carbons (Fsp3) is 0.389. The van der Waals surface area contributed by atoms with Crippen molar-refractivity contribution >= 4 is 17.5 Å². The van der Waals surface area contributed by atoms with Gasteiger partial charge in [-0.15, -0.1) is 0 Å². The highest BCUT2D eigenvalue weighted by Crippen LogP contribution is 2.40. The Hall–Kier alpha value is -2.21. The topological polar surface area (TPSA) is 74.8 Å². The van der Waals surface area contributed by atoms with E-state index in [0.29, 0.717) is 18.8 Å². The van der Waals surface area contributed by atoms with Crippen LogP contribution in [0.1, 0.15) is 59.4 Å². The number of H-pyrrole nitrogens is 1. The Balaban J connectivity index is 1.41. The number of hydrogen-bond acceptors (Lipinski definition) is 3. The molecule has 7 heteroatoms. The van der Waals surface area contributed by atoms with E-state index in [1.165, 1.54) is 24.3 Å². The van der Waals surface area contributed by atoms with Crippen molar-refractivity contribution in [3.8, 4) is 0 Å². The molecule has 2 aliphatic carbocycles. The number of amides is 1. The highest BCUT2D eigenvalue weighted by atomic mass is 35.5. The zero-order valence-corrected chi connectivity index (χ0v) is 14.1. The van der Waals surface area contributed by atoms with E-state index < -0.39 is 11.7 Å². The van der Waals surface area contributed by atoms with Gasteiger partial charge < -0.3 is 10.3 Å². The van der Waals surface area contributed by atoms with Crippen LogP contribution in [0.3, 0.4) is 0 Å². The van der Waals surface area contributed by atoms with Gasteiger partial charge in [-0.05, 0) is 37.8 Å². The van der Waals surface area contributed by atoms with Gasteiger partial charge in [0.05, 0.1) is 16.3 Å². The lowest BCUT2D eigenvalue weighted by atomic mass is 9.78. The second kappa shape index (κ2) is 6.26. The van der Waals surface area contributed by atoms with Gasteiger partial charge >= 0.3 is 0 Å². The lowest BCUT2D eigenvalue weighted by Crippen LogP contribution is -2.44. The monoisotopic (exact) mass is 361 g/mol. The lowest BCUT2D eigenvalue weighted by Gasteiger charge is -2.35. The average Bonchev–Trinajstić information content (AvgIpc) is 3.34. The zero-order valence-electron chi connectivity index (χ0n) is 13.4. The van der Waals surface area contributed by atoms with Gasteiger partial charge in [-0.25, -0.2) is 9.37 Å². The first kappa shape index (κ1) is 16.3. The summed E-state index contributed by atoms with van der Waals surface area (Å²) >= 11 is 5.91. The molecule has 130 valence electrons. The number of nitrogens with zero attached hydrogens (tertiary/aromatic N) is 1. The van der Waals surface area contributed by atoms with Crippen LogP contribution in [0, 0.1) is 5.82 Å². The van der Waals surface area contributed by atoms with Crippen molar-refractivity contribution in [1.29, 1.82) is 0 Å². The quantitative estimate of drug-likeness (QED) is 0.878. The minimum absolute atomic E-state index is 0.0707. The van der Waals surface area contributed by atoms with Gasteiger partial charge in [0, 0.05) is 23.9 Å². The first-order chi connectivity index (χ1) is 12.0. The second-order valence-corrected chi connectivity index (χ2v) is 7.17. The molecule has 1 amide bonds. The van der Waals surface area contributed by atoms with Crippen molar-refractivity contribution in [2.75, 3.05) is 0 Å². The Bertz CT molecular complexity index is 868. The molecule has 4 rings (SSSR count). The van der Waals surface area contributed by atoms with E-state index in [0.717, 1.165) is 24.4 Å². The second-order valence-electron chi connectivity index (χ2n) is 6.77. The minimum atomic E-state index is -0.633. The smallest absolute Gasteiger partial charge is 0.255 e. The molecule has 1 heterocycles. The molecule has 1 aromatic heterocycles. The molecule has 5 nitrogen and oxygen atoms in total. The van der Waals surface area contributed by atoms with Gasteiger partial charge in [-0.3, -0.25) is 9.59 Å². The number of aromatic amines is 1. The van der Waals surface area contributed by atoms with Crippen molar-refractivity contribution in [2.45, 2.75) is 43.6 Å². The zero-order chi connectivity index (χ0) is 17.6. The Kier molecular flexibility index (Phi) is 4.07. The summed E-state index contributed by atoms with van der Waals surface area (Å²) in [6.45, 7) is 0. The van der Waals surface area contributed by atoms with Crippen molar-refractivity contribution in [1.82, 2.24) is 15.3 Å². The van der Waals surface area contributed by atoms with Crippen molar-refractivity contribution in [3.05, 3.63) is 62.5 Å². The molecule has 2 aromatic rings. The summed E-state index contributed by atoms with van der Waals surface area (Å²) < 4.78 is 13.8. The summed E-state index contributed by atoms with van der Waals surface area (Å²) in [6.07, 6.45) is 3.50. The first-order valence-electron chi connectivity index (χ1n) is 8.37. The third-order valence-corrected chi connectivity index (χ3v) is 5.14. The molecule has 2 saturated carbocycles. The number of carbonyl (C=O) groups excluding carboxylic acids is 1. The van der Waals surface area contributed by atoms with E-state index in [2.05, 4.69) is 15.3 Å². The number of aromatic nitrogens is 2. The Morgan fingerprint density at radius 2 is 2.04 bits per heavy atom. The summed E-state index contributed by atoms with van der Waals surface area (Å²) in [5.74, 6) is 0.149. The van der Waals surface area contributed by atoms with Crippen LogP contribution in [-0.4, -0.2) is 21.9 Å². The number of nitrogens with one attached hydrogen (secondary N) is 2. The molecule has 0 spiro atoms. The molecule has 0 aliphatic heterocycles. The fourth-order valence-electron chi connectivity index (χ4n) is 3.20. The molecule has 1 aromatic carbocycles. The summed E-state index contributed by atoms with van der Waals surface area (Å²) in [7, 11) is 0. The number of halogens is 2. The lowest BCUT2D eigenvalue weighted by molar-refractivity contribution is 0.0904. The number of hydrogen-bond donors (Lipinski definition) is 2. The van der Waals surface area contributed by atoms with Crippen LogP contribution < -0.4 is 10.9 Å². The Labute approximate surface area is 148 Å². The third-order valence-electron chi connectivity index (χ3n) is 4.83. The van der Waals surface area contributed by atoms with Crippen LogP contribution in [0.4, 0.5) is 4.39 Å². The predicted molar refractivity (Wildman–Crippen MR) is 91.5 cm³/mol. The maximum atomic E-state index is 13.8. The molecule has 0 bridgehead atoms. The van der Waals surface area contributed by atoms with Gasteiger partial charge in [0.1, 0.15) is 11.6 Å². The van der Waals surface area contributed by atoms with E-state index in [-0.39, 0.29) is 28.1 Å². The van der Waals surface area contributed by atoms with Crippen LogP contribution in [-0.2, 0) is 0 Å². The van der Waals surface area contributed by atoms with E-state index in [1.807, 2.05) is 0 Å². The van der Waals surface area contributed by atoms with Gasteiger partial charge in [0.15, 0.2) is 0 Å². The highest BCUT2D eigenvalue weighted by molar-refractivity contribution is 6.33. The van der Waals surface area contributed by atoms with Gasteiger partial charge in [-0.2, -0.15) is 0 Å². The maximum Gasteiger partial charge on any atom is 0.255 e. The van der Waals surface area contributed by atoms with Gasteiger partial charge in [0.25, 0.3) is 11.5 Å². The molecule has 2 aliphatic rings. The normalized spacial score (nSPS) is 22.3. The summed E-state index contributed by atoms with van der Waals surface area (Å²) in [5.41, 5.74) is 0.524. The molecule has 0 unspecified atom stereocenters. The Morgan fingerprint density at radius 3 is 2.72 bits per heavy atom. The molecule has 0 radical (unpaired) electrons. The predicted octanol–water partition coefficient (Wildman–Crippen LogP) is 3.12. The largest absolute Gasteiger partial charge is 0.349 e. The number of carbonyl (C=O) groups is 1. The molecular weight excluding hydrogens is 345 g/mol.